The molecule has 1 aliphatic rings. The van der Waals surface area contributed by atoms with Crippen LogP contribution in [0.5, 0.6) is 0 Å². The molecule has 1 saturated carbocycles. The van der Waals surface area contributed by atoms with Crippen molar-refractivity contribution in [1.82, 2.24) is 0 Å². The van der Waals surface area contributed by atoms with E-state index in [1.807, 2.05) is 24.3 Å². The highest BCUT2D eigenvalue weighted by Gasteiger charge is 2.21. The fourth-order valence-electron chi connectivity index (χ4n) is 1.31. The van der Waals surface area contributed by atoms with Gasteiger partial charge < -0.3 is 11.1 Å². The third-order valence-corrected chi connectivity index (χ3v) is 3.29. The summed E-state index contributed by atoms with van der Waals surface area (Å²) in [6.45, 7) is 0. The number of nitrogens with two attached hydrogens (primary N) is 1. The Bertz CT molecular complexity index is 363. The number of carbonyl (C=O) groups excluding carboxylic acids is 1. The van der Waals surface area contributed by atoms with Crippen LogP contribution in [0.2, 0.25) is 0 Å². The van der Waals surface area contributed by atoms with Gasteiger partial charge >= 0.3 is 0 Å². The number of anilines is 1. The summed E-state index contributed by atoms with van der Waals surface area (Å²) in [6.07, 6.45) is 2.49. The number of nitrogens with one attached hydrogen (secondary N) is 1. The third kappa shape index (κ3) is 3.16. The van der Waals surface area contributed by atoms with Crippen LogP contribution in [0.15, 0.2) is 29.2 Å². The molecule has 2 rings (SSSR count). The molecule has 0 heterocycles. The number of hydrogen-bond acceptors (Lipinski definition) is 3. The number of rotatable bonds is 5. The summed E-state index contributed by atoms with van der Waals surface area (Å²) >= 11 is 1.49. The van der Waals surface area contributed by atoms with Crippen molar-refractivity contribution in [3.63, 3.8) is 0 Å². The topological polar surface area (TPSA) is 55.1 Å². The van der Waals surface area contributed by atoms with Gasteiger partial charge in [0.15, 0.2) is 0 Å². The average molecular weight is 222 g/mol. The molecule has 1 aromatic rings. The Morgan fingerprint density at radius 2 is 2.20 bits per heavy atom. The first-order valence-electron chi connectivity index (χ1n) is 5.02. The van der Waals surface area contributed by atoms with Crippen LogP contribution in [0.4, 0.5) is 5.69 Å². The molecular weight excluding hydrogens is 208 g/mol. The number of carbonyl (C=O) groups is 1. The first-order chi connectivity index (χ1) is 7.25. The van der Waals surface area contributed by atoms with Crippen LogP contribution in [0.25, 0.3) is 0 Å². The van der Waals surface area contributed by atoms with E-state index in [-0.39, 0.29) is 5.91 Å². The SMILES string of the molecule is NC(=O)CSc1ccccc1NC1CC1. The zero-order chi connectivity index (χ0) is 10.7. The summed E-state index contributed by atoms with van der Waals surface area (Å²) < 4.78 is 0. The van der Waals surface area contributed by atoms with E-state index in [9.17, 15) is 4.79 Å². The molecule has 0 radical (unpaired) electrons. The molecule has 0 unspecified atom stereocenters. The minimum atomic E-state index is -0.277. The number of primary amides is 1. The normalized spacial score (nSPS) is 14.9. The van der Waals surface area contributed by atoms with Crippen LogP contribution in [0.3, 0.4) is 0 Å². The van der Waals surface area contributed by atoms with E-state index >= 15 is 0 Å². The van der Waals surface area contributed by atoms with Crippen LogP contribution in [0, 0.1) is 0 Å². The monoisotopic (exact) mass is 222 g/mol. The summed E-state index contributed by atoms with van der Waals surface area (Å²) in [5.74, 6) is 0.0600. The van der Waals surface area contributed by atoms with Crippen LogP contribution in [-0.4, -0.2) is 17.7 Å². The summed E-state index contributed by atoms with van der Waals surface area (Å²) in [5.41, 5.74) is 6.24. The first kappa shape index (κ1) is 10.4. The van der Waals surface area contributed by atoms with Crippen molar-refractivity contribution in [2.75, 3.05) is 11.1 Å². The molecule has 3 nitrogen and oxygen atoms in total. The minimum Gasteiger partial charge on any atom is -0.381 e. The van der Waals surface area contributed by atoms with Crippen molar-refractivity contribution in [3.05, 3.63) is 24.3 Å². The molecule has 0 atom stereocenters. The summed E-state index contributed by atoms with van der Waals surface area (Å²) in [6, 6.07) is 8.65. The maximum atomic E-state index is 10.7. The smallest absolute Gasteiger partial charge is 0.227 e. The van der Waals surface area contributed by atoms with Crippen molar-refractivity contribution in [3.8, 4) is 0 Å². The molecule has 80 valence electrons. The lowest BCUT2D eigenvalue weighted by Crippen LogP contribution is -2.13. The lowest BCUT2D eigenvalue weighted by Gasteiger charge is -2.09. The first-order valence-corrected chi connectivity index (χ1v) is 6.01. The van der Waals surface area contributed by atoms with Gasteiger partial charge in [-0.3, -0.25) is 4.79 Å². The van der Waals surface area contributed by atoms with E-state index in [1.165, 1.54) is 24.6 Å². The zero-order valence-corrected chi connectivity index (χ0v) is 9.22. The summed E-state index contributed by atoms with van der Waals surface area (Å²) in [4.78, 5) is 11.8. The lowest BCUT2D eigenvalue weighted by atomic mass is 10.3. The fourth-order valence-corrected chi connectivity index (χ4v) is 2.06. The quantitative estimate of drug-likeness (QED) is 0.747. The van der Waals surface area contributed by atoms with E-state index in [0.29, 0.717) is 11.8 Å². The van der Waals surface area contributed by atoms with Gasteiger partial charge in [-0.15, -0.1) is 11.8 Å². The van der Waals surface area contributed by atoms with E-state index in [4.69, 9.17) is 5.73 Å². The zero-order valence-electron chi connectivity index (χ0n) is 8.40. The molecule has 3 N–H and O–H groups in total. The lowest BCUT2D eigenvalue weighted by molar-refractivity contribution is -0.115. The predicted molar refractivity (Wildman–Crippen MR) is 63.0 cm³/mol. The Morgan fingerprint density at radius 3 is 2.87 bits per heavy atom. The van der Waals surface area contributed by atoms with Gasteiger partial charge in [-0.2, -0.15) is 0 Å². The van der Waals surface area contributed by atoms with Crippen molar-refractivity contribution in [2.45, 2.75) is 23.8 Å². The molecule has 0 bridgehead atoms. The molecule has 1 aromatic carbocycles. The molecule has 0 aromatic heterocycles. The van der Waals surface area contributed by atoms with E-state index in [2.05, 4.69) is 5.32 Å². The molecular formula is C11H14N2OS. The second-order valence-electron chi connectivity index (χ2n) is 3.67. The van der Waals surface area contributed by atoms with Gasteiger partial charge in [0.25, 0.3) is 0 Å². The van der Waals surface area contributed by atoms with Gasteiger partial charge in [0.1, 0.15) is 0 Å². The van der Waals surface area contributed by atoms with E-state index in [0.717, 1.165) is 10.6 Å². The number of para-hydroxylation sites is 1. The minimum absolute atomic E-state index is 0.277. The molecule has 1 aliphatic carbocycles. The highest BCUT2D eigenvalue weighted by Crippen LogP contribution is 2.31. The molecule has 1 amide bonds. The van der Waals surface area contributed by atoms with Gasteiger partial charge in [-0.05, 0) is 25.0 Å². The van der Waals surface area contributed by atoms with Gasteiger partial charge in [0.05, 0.1) is 5.75 Å². The van der Waals surface area contributed by atoms with Gasteiger partial charge in [0.2, 0.25) is 5.91 Å². The standard InChI is InChI=1S/C11H14N2OS/c12-11(14)7-15-10-4-2-1-3-9(10)13-8-5-6-8/h1-4,8,13H,5-7H2,(H2,12,14). The van der Waals surface area contributed by atoms with E-state index in [1.54, 1.807) is 0 Å². The second kappa shape index (κ2) is 4.57. The molecule has 0 aliphatic heterocycles. The van der Waals surface area contributed by atoms with Crippen molar-refractivity contribution >= 4 is 23.4 Å². The third-order valence-electron chi connectivity index (χ3n) is 2.19. The largest absolute Gasteiger partial charge is 0.381 e. The van der Waals surface area contributed by atoms with Crippen molar-refractivity contribution in [1.29, 1.82) is 0 Å². The number of amides is 1. The van der Waals surface area contributed by atoms with Crippen LogP contribution in [-0.2, 0) is 4.79 Å². The summed E-state index contributed by atoms with van der Waals surface area (Å²) in [5, 5.41) is 3.44. The Balaban J connectivity index is 2.02. The van der Waals surface area contributed by atoms with Crippen LogP contribution in [0.1, 0.15) is 12.8 Å². The Labute approximate surface area is 93.4 Å². The number of hydrogen-bond donors (Lipinski definition) is 2. The molecule has 4 heteroatoms. The molecule has 0 saturated heterocycles. The number of benzene rings is 1. The van der Waals surface area contributed by atoms with Crippen LogP contribution >= 0.6 is 11.8 Å². The van der Waals surface area contributed by atoms with E-state index < -0.39 is 0 Å². The fraction of sp³-hybridized carbons (Fsp3) is 0.364. The van der Waals surface area contributed by atoms with Crippen molar-refractivity contribution < 1.29 is 4.79 Å². The maximum Gasteiger partial charge on any atom is 0.227 e. The Hall–Kier alpha value is -1.16. The molecule has 0 spiro atoms. The Morgan fingerprint density at radius 1 is 1.47 bits per heavy atom. The summed E-state index contributed by atoms with van der Waals surface area (Å²) in [7, 11) is 0. The van der Waals surface area contributed by atoms with Gasteiger partial charge in [-0.1, -0.05) is 12.1 Å². The maximum absolute atomic E-state index is 10.7. The van der Waals surface area contributed by atoms with Crippen molar-refractivity contribution in [2.24, 2.45) is 5.73 Å². The van der Waals surface area contributed by atoms with Gasteiger partial charge in [-0.25, -0.2) is 0 Å². The Kier molecular flexibility index (Phi) is 3.16. The highest BCUT2D eigenvalue weighted by atomic mass is 32.2. The number of thioether (sulfide) groups is 1. The molecule has 15 heavy (non-hydrogen) atoms. The van der Waals surface area contributed by atoms with Gasteiger partial charge in [0, 0.05) is 16.6 Å². The highest BCUT2D eigenvalue weighted by molar-refractivity contribution is 8.00. The van der Waals surface area contributed by atoms with Crippen LogP contribution < -0.4 is 11.1 Å². The predicted octanol–water partition coefficient (Wildman–Crippen LogP) is 1.84. The molecule has 1 fully saturated rings. The second-order valence-corrected chi connectivity index (χ2v) is 4.69. The average Bonchev–Trinajstić information content (AvgIpc) is 3.00.